The fourth-order valence-electron chi connectivity index (χ4n) is 1.57. The van der Waals surface area contributed by atoms with Crippen LogP contribution in [-0.2, 0) is 6.54 Å². The van der Waals surface area contributed by atoms with E-state index in [0.717, 1.165) is 25.2 Å². The van der Waals surface area contributed by atoms with E-state index < -0.39 is 0 Å². The molecule has 0 saturated carbocycles. The van der Waals surface area contributed by atoms with Crippen LogP contribution in [0.3, 0.4) is 0 Å². The monoisotopic (exact) mass is 260 g/mol. The number of benzene rings is 1. The van der Waals surface area contributed by atoms with Crippen molar-refractivity contribution in [2.45, 2.75) is 13.0 Å². The highest BCUT2D eigenvalue weighted by molar-refractivity contribution is 7.80. The van der Waals surface area contributed by atoms with Gasteiger partial charge in [0.1, 0.15) is 0 Å². The zero-order chi connectivity index (χ0) is 12.6. The molecule has 0 amide bonds. The van der Waals surface area contributed by atoms with E-state index in [1.165, 1.54) is 0 Å². The fourth-order valence-corrected chi connectivity index (χ4v) is 1.79. The second kappa shape index (κ2) is 6.76. The van der Waals surface area contributed by atoms with E-state index in [2.05, 4.69) is 15.7 Å². The molecule has 0 spiro atoms. The maximum atomic E-state index is 5.20. The summed E-state index contributed by atoms with van der Waals surface area (Å²) in [5.41, 5.74) is 1.00. The molecule has 0 fully saturated rings. The average molecular weight is 260 g/mol. The van der Waals surface area contributed by atoms with Crippen LogP contribution in [0.4, 0.5) is 5.69 Å². The SMILES string of the molecule is S=C(NCCCn1cccn1)Nc1ccccc1. The quantitative estimate of drug-likeness (QED) is 0.639. The molecular weight excluding hydrogens is 244 g/mol. The Balaban J connectivity index is 1.63. The molecular formula is C13H16N4S. The lowest BCUT2D eigenvalue weighted by molar-refractivity contribution is 0.574. The van der Waals surface area contributed by atoms with Crippen LogP contribution in [0.5, 0.6) is 0 Å². The van der Waals surface area contributed by atoms with Crippen LogP contribution in [0.25, 0.3) is 0 Å². The summed E-state index contributed by atoms with van der Waals surface area (Å²) in [6.45, 7) is 1.73. The van der Waals surface area contributed by atoms with Crippen molar-refractivity contribution < 1.29 is 0 Å². The first-order valence-electron chi connectivity index (χ1n) is 5.92. The van der Waals surface area contributed by atoms with Crippen LogP contribution in [-0.4, -0.2) is 21.4 Å². The maximum absolute atomic E-state index is 5.20. The molecule has 0 saturated heterocycles. The van der Waals surface area contributed by atoms with E-state index in [9.17, 15) is 0 Å². The van der Waals surface area contributed by atoms with Gasteiger partial charge in [-0.2, -0.15) is 5.10 Å². The van der Waals surface area contributed by atoms with Crippen LogP contribution in [0.2, 0.25) is 0 Å². The summed E-state index contributed by atoms with van der Waals surface area (Å²) in [6, 6.07) is 11.8. The molecule has 0 unspecified atom stereocenters. The van der Waals surface area contributed by atoms with Crippen LogP contribution >= 0.6 is 12.2 Å². The second-order valence-electron chi connectivity index (χ2n) is 3.87. The van der Waals surface area contributed by atoms with Crippen molar-refractivity contribution in [3.63, 3.8) is 0 Å². The number of aromatic nitrogens is 2. The predicted octanol–water partition coefficient (Wildman–Crippen LogP) is 2.26. The van der Waals surface area contributed by atoms with Crippen molar-refractivity contribution in [2.24, 2.45) is 0 Å². The van der Waals surface area contributed by atoms with E-state index in [-0.39, 0.29) is 0 Å². The van der Waals surface area contributed by atoms with Gasteiger partial charge in [-0.15, -0.1) is 0 Å². The molecule has 1 heterocycles. The molecule has 0 atom stereocenters. The third-order valence-electron chi connectivity index (χ3n) is 2.44. The number of rotatable bonds is 5. The number of nitrogens with one attached hydrogen (secondary N) is 2. The van der Waals surface area contributed by atoms with Crippen molar-refractivity contribution in [1.29, 1.82) is 0 Å². The molecule has 4 nitrogen and oxygen atoms in total. The van der Waals surface area contributed by atoms with Crippen molar-refractivity contribution in [3.05, 3.63) is 48.8 Å². The minimum absolute atomic E-state index is 0.654. The van der Waals surface area contributed by atoms with Gasteiger partial charge in [0.15, 0.2) is 5.11 Å². The molecule has 0 aliphatic carbocycles. The molecule has 5 heteroatoms. The van der Waals surface area contributed by atoms with Crippen LogP contribution < -0.4 is 10.6 Å². The molecule has 1 aromatic heterocycles. The van der Waals surface area contributed by atoms with Crippen molar-refractivity contribution in [2.75, 3.05) is 11.9 Å². The minimum atomic E-state index is 0.654. The van der Waals surface area contributed by atoms with E-state index in [1.807, 2.05) is 47.3 Å². The summed E-state index contributed by atoms with van der Waals surface area (Å²) in [7, 11) is 0. The first-order chi connectivity index (χ1) is 8.84. The first-order valence-corrected chi connectivity index (χ1v) is 6.33. The summed E-state index contributed by atoms with van der Waals surface area (Å²) in [4.78, 5) is 0. The van der Waals surface area contributed by atoms with Crippen LogP contribution in [0, 0.1) is 0 Å². The molecule has 18 heavy (non-hydrogen) atoms. The second-order valence-corrected chi connectivity index (χ2v) is 4.28. The number of para-hydroxylation sites is 1. The smallest absolute Gasteiger partial charge is 0.170 e. The number of aryl methyl sites for hydroxylation is 1. The van der Waals surface area contributed by atoms with Gasteiger partial charge >= 0.3 is 0 Å². The van der Waals surface area contributed by atoms with Crippen molar-refractivity contribution >= 4 is 23.0 Å². The number of hydrogen-bond acceptors (Lipinski definition) is 2. The normalized spacial score (nSPS) is 10.0. The van der Waals surface area contributed by atoms with Crippen molar-refractivity contribution in [3.8, 4) is 0 Å². The number of thiocarbonyl (C=S) groups is 1. The van der Waals surface area contributed by atoms with E-state index >= 15 is 0 Å². The fraction of sp³-hybridized carbons (Fsp3) is 0.231. The van der Waals surface area contributed by atoms with E-state index in [1.54, 1.807) is 6.20 Å². The molecule has 94 valence electrons. The Kier molecular flexibility index (Phi) is 4.72. The lowest BCUT2D eigenvalue weighted by Gasteiger charge is -2.10. The molecule has 2 N–H and O–H groups in total. The predicted molar refractivity (Wildman–Crippen MR) is 77.5 cm³/mol. The van der Waals surface area contributed by atoms with E-state index in [0.29, 0.717) is 5.11 Å². The highest BCUT2D eigenvalue weighted by Crippen LogP contribution is 2.04. The average Bonchev–Trinajstić information content (AvgIpc) is 2.89. The molecule has 0 radical (unpaired) electrons. The van der Waals surface area contributed by atoms with Gasteiger partial charge in [-0.3, -0.25) is 4.68 Å². The largest absolute Gasteiger partial charge is 0.362 e. The lowest BCUT2D eigenvalue weighted by Crippen LogP contribution is -2.29. The number of hydrogen-bond donors (Lipinski definition) is 2. The molecule has 1 aromatic carbocycles. The van der Waals surface area contributed by atoms with Gasteiger partial charge < -0.3 is 10.6 Å². The van der Waals surface area contributed by atoms with Gasteiger partial charge in [0.2, 0.25) is 0 Å². The topological polar surface area (TPSA) is 41.9 Å². The highest BCUT2D eigenvalue weighted by Gasteiger charge is 1.96. The lowest BCUT2D eigenvalue weighted by atomic mass is 10.3. The van der Waals surface area contributed by atoms with Crippen LogP contribution in [0.1, 0.15) is 6.42 Å². The zero-order valence-corrected chi connectivity index (χ0v) is 10.9. The van der Waals surface area contributed by atoms with Gasteiger partial charge in [0.05, 0.1) is 0 Å². The molecule has 0 aliphatic heterocycles. The van der Waals surface area contributed by atoms with Crippen molar-refractivity contribution in [1.82, 2.24) is 15.1 Å². The Bertz CT molecular complexity index is 467. The number of nitrogens with zero attached hydrogens (tertiary/aromatic N) is 2. The standard InChI is InChI=1S/C13H16N4S/c18-13(16-12-6-2-1-3-7-12)14-8-4-10-17-11-5-9-15-17/h1-3,5-7,9,11H,4,8,10H2,(H2,14,16,18). The number of anilines is 1. The van der Waals surface area contributed by atoms with Gasteiger partial charge in [-0.1, -0.05) is 18.2 Å². The minimum Gasteiger partial charge on any atom is -0.362 e. The van der Waals surface area contributed by atoms with Crippen LogP contribution in [0.15, 0.2) is 48.8 Å². The first kappa shape index (κ1) is 12.6. The summed E-state index contributed by atoms with van der Waals surface area (Å²) in [5.74, 6) is 0. The van der Waals surface area contributed by atoms with Gasteiger partial charge in [0, 0.05) is 31.2 Å². The summed E-state index contributed by atoms with van der Waals surface area (Å²) >= 11 is 5.20. The van der Waals surface area contributed by atoms with E-state index in [4.69, 9.17) is 12.2 Å². The molecule has 2 rings (SSSR count). The Hall–Kier alpha value is -1.88. The third kappa shape index (κ3) is 4.18. The molecule has 0 bridgehead atoms. The zero-order valence-electron chi connectivity index (χ0n) is 10.0. The summed E-state index contributed by atoms with van der Waals surface area (Å²) < 4.78 is 1.91. The third-order valence-corrected chi connectivity index (χ3v) is 2.69. The summed E-state index contributed by atoms with van der Waals surface area (Å²) in [5, 5.41) is 11.1. The molecule has 0 aliphatic rings. The molecule has 2 aromatic rings. The van der Waals surface area contributed by atoms with Gasteiger partial charge in [-0.25, -0.2) is 0 Å². The Morgan fingerprint density at radius 1 is 1.22 bits per heavy atom. The highest BCUT2D eigenvalue weighted by atomic mass is 32.1. The maximum Gasteiger partial charge on any atom is 0.170 e. The Morgan fingerprint density at radius 3 is 2.78 bits per heavy atom. The van der Waals surface area contributed by atoms with Gasteiger partial charge in [-0.05, 0) is 36.8 Å². The summed E-state index contributed by atoms with van der Waals surface area (Å²) in [6.07, 6.45) is 4.73. The Morgan fingerprint density at radius 2 is 2.06 bits per heavy atom. The van der Waals surface area contributed by atoms with Gasteiger partial charge in [0.25, 0.3) is 0 Å². The Labute approximate surface area is 112 Å².